The van der Waals surface area contributed by atoms with Gasteiger partial charge >= 0.3 is 5.69 Å². The van der Waals surface area contributed by atoms with Gasteiger partial charge in [0.1, 0.15) is 0 Å². The van der Waals surface area contributed by atoms with Crippen LogP contribution in [0.25, 0.3) is 0 Å². The summed E-state index contributed by atoms with van der Waals surface area (Å²) < 4.78 is 3.34. The Bertz CT molecular complexity index is 640. The highest BCUT2D eigenvalue weighted by molar-refractivity contribution is 5.93. The van der Waals surface area contributed by atoms with Crippen molar-refractivity contribution in [1.29, 1.82) is 0 Å². The number of aromatic nitrogens is 2. The number of hydrogen-bond acceptors (Lipinski definition) is 3. The summed E-state index contributed by atoms with van der Waals surface area (Å²) in [6.45, 7) is 3.24. The SMILES string of the molecule is CCCn1ccn(Cc2ccc(C(=O)NN)cc2)c1=O. The van der Waals surface area contributed by atoms with E-state index in [9.17, 15) is 9.59 Å². The van der Waals surface area contributed by atoms with Crippen molar-refractivity contribution in [3.63, 3.8) is 0 Å². The van der Waals surface area contributed by atoms with Gasteiger partial charge in [0.25, 0.3) is 5.91 Å². The van der Waals surface area contributed by atoms with Gasteiger partial charge < -0.3 is 0 Å². The number of imidazole rings is 1. The maximum Gasteiger partial charge on any atom is 0.328 e. The van der Waals surface area contributed by atoms with Crippen molar-refractivity contribution in [3.8, 4) is 0 Å². The van der Waals surface area contributed by atoms with Crippen LogP contribution in [0.2, 0.25) is 0 Å². The van der Waals surface area contributed by atoms with Crippen LogP contribution in [0.5, 0.6) is 0 Å². The number of carbonyl (C=O) groups is 1. The lowest BCUT2D eigenvalue weighted by molar-refractivity contribution is 0.0953. The van der Waals surface area contributed by atoms with Gasteiger partial charge in [-0.1, -0.05) is 19.1 Å². The minimum Gasteiger partial charge on any atom is -0.299 e. The van der Waals surface area contributed by atoms with E-state index in [-0.39, 0.29) is 11.6 Å². The summed E-state index contributed by atoms with van der Waals surface area (Å²) in [6.07, 6.45) is 4.49. The second kappa shape index (κ2) is 6.21. The van der Waals surface area contributed by atoms with Crippen molar-refractivity contribution >= 4 is 5.91 Å². The van der Waals surface area contributed by atoms with Gasteiger partial charge in [-0.15, -0.1) is 0 Å². The molecule has 6 heteroatoms. The number of nitrogens with zero attached hydrogens (tertiary/aromatic N) is 2. The van der Waals surface area contributed by atoms with Crippen molar-refractivity contribution < 1.29 is 4.79 Å². The number of nitrogen functional groups attached to an aromatic ring is 1. The minimum absolute atomic E-state index is 0.0179. The Morgan fingerprint density at radius 2 is 1.85 bits per heavy atom. The number of hydrazine groups is 1. The lowest BCUT2D eigenvalue weighted by Crippen LogP contribution is -2.29. The molecule has 0 saturated heterocycles. The summed E-state index contributed by atoms with van der Waals surface area (Å²) in [4.78, 5) is 23.3. The van der Waals surface area contributed by atoms with E-state index in [4.69, 9.17) is 5.84 Å². The highest BCUT2D eigenvalue weighted by atomic mass is 16.2. The molecule has 0 aliphatic rings. The Morgan fingerprint density at radius 3 is 2.45 bits per heavy atom. The average Bonchev–Trinajstić information content (AvgIpc) is 2.81. The molecule has 1 aromatic heterocycles. The molecule has 2 aromatic rings. The molecule has 0 unspecified atom stereocenters. The van der Waals surface area contributed by atoms with Gasteiger partial charge in [-0.2, -0.15) is 0 Å². The Labute approximate surface area is 116 Å². The lowest BCUT2D eigenvalue weighted by Gasteiger charge is -2.04. The second-order valence-electron chi connectivity index (χ2n) is 4.57. The summed E-state index contributed by atoms with van der Waals surface area (Å²) in [5, 5.41) is 0. The van der Waals surface area contributed by atoms with Crippen molar-refractivity contribution in [2.75, 3.05) is 0 Å². The van der Waals surface area contributed by atoms with E-state index in [0.717, 1.165) is 18.5 Å². The molecule has 0 atom stereocenters. The number of hydrogen-bond donors (Lipinski definition) is 2. The quantitative estimate of drug-likeness (QED) is 0.478. The Balaban J connectivity index is 2.14. The van der Waals surface area contributed by atoms with Gasteiger partial charge in [0.15, 0.2) is 0 Å². The van der Waals surface area contributed by atoms with Crippen LogP contribution in [0, 0.1) is 0 Å². The molecule has 0 aliphatic heterocycles. The van der Waals surface area contributed by atoms with Gasteiger partial charge in [0.2, 0.25) is 0 Å². The Morgan fingerprint density at radius 1 is 1.20 bits per heavy atom. The van der Waals surface area contributed by atoms with E-state index in [1.807, 2.05) is 19.1 Å². The summed E-state index contributed by atoms with van der Waals surface area (Å²) in [6, 6.07) is 7.00. The summed E-state index contributed by atoms with van der Waals surface area (Å²) in [5.41, 5.74) is 3.51. The fourth-order valence-corrected chi connectivity index (χ4v) is 2.03. The highest BCUT2D eigenvalue weighted by Crippen LogP contribution is 2.05. The van der Waals surface area contributed by atoms with E-state index in [1.54, 1.807) is 33.7 Å². The normalized spacial score (nSPS) is 10.5. The smallest absolute Gasteiger partial charge is 0.299 e. The molecule has 0 fully saturated rings. The number of amides is 1. The number of carbonyl (C=O) groups excluding carboxylic acids is 1. The zero-order chi connectivity index (χ0) is 14.5. The van der Waals surface area contributed by atoms with Crippen LogP contribution in [-0.2, 0) is 13.1 Å². The molecule has 6 nitrogen and oxygen atoms in total. The highest BCUT2D eigenvalue weighted by Gasteiger charge is 2.05. The summed E-state index contributed by atoms with van der Waals surface area (Å²) in [7, 11) is 0. The molecule has 0 radical (unpaired) electrons. The van der Waals surface area contributed by atoms with Gasteiger partial charge in [0.05, 0.1) is 6.54 Å². The molecule has 0 bridgehead atoms. The zero-order valence-corrected chi connectivity index (χ0v) is 11.4. The molecule has 106 valence electrons. The maximum atomic E-state index is 12.0. The number of nitrogens with two attached hydrogens (primary N) is 1. The Hall–Kier alpha value is -2.34. The lowest BCUT2D eigenvalue weighted by atomic mass is 10.1. The molecule has 0 aliphatic carbocycles. The van der Waals surface area contributed by atoms with Gasteiger partial charge in [0, 0.05) is 24.5 Å². The van der Waals surface area contributed by atoms with E-state index >= 15 is 0 Å². The van der Waals surface area contributed by atoms with Crippen LogP contribution in [0.4, 0.5) is 0 Å². The van der Waals surface area contributed by atoms with E-state index in [0.29, 0.717) is 12.1 Å². The topological polar surface area (TPSA) is 82.1 Å². The van der Waals surface area contributed by atoms with Crippen LogP contribution in [-0.4, -0.2) is 15.0 Å². The first kappa shape index (κ1) is 14.1. The predicted molar refractivity (Wildman–Crippen MR) is 76.2 cm³/mol. The molecule has 1 heterocycles. The molecule has 2 rings (SSSR count). The molecular weight excluding hydrogens is 256 g/mol. The van der Waals surface area contributed by atoms with Crippen LogP contribution in [0.1, 0.15) is 29.3 Å². The van der Waals surface area contributed by atoms with Crippen molar-refractivity contribution in [1.82, 2.24) is 14.6 Å². The van der Waals surface area contributed by atoms with Crippen LogP contribution >= 0.6 is 0 Å². The molecule has 3 N–H and O–H groups in total. The molecule has 0 saturated carbocycles. The third-order valence-electron chi connectivity index (χ3n) is 3.08. The molecule has 1 aromatic carbocycles. The largest absolute Gasteiger partial charge is 0.328 e. The van der Waals surface area contributed by atoms with Crippen molar-refractivity contribution in [2.24, 2.45) is 5.84 Å². The van der Waals surface area contributed by atoms with E-state index in [1.165, 1.54) is 0 Å². The first-order chi connectivity index (χ1) is 9.65. The van der Waals surface area contributed by atoms with Crippen molar-refractivity contribution in [3.05, 3.63) is 58.3 Å². The Kier molecular flexibility index (Phi) is 4.37. The van der Waals surface area contributed by atoms with E-state index in [2.05, 4.69) is 5.43 Å². The fraction of sp³-hybridized carbons (Fsp3) is 0.286. The molecule has 20 heavy (non-hydrogen) atoms. The maximum absolute atomic E-state index is 12.0. The zero-order valence-electron chi connectivity index (χ0n) is 11.4. The monoisotopic (exact) mass is 274 g/mol. The number of benzene rings is 1. The van der Waals surface area contributed by atoms with Gasteiger partial charge in [-0.3, -0.25) is 19.4 Å². The fourth-order valence-electron chi connectivity index (χ4n) is 2.03. The summed E-state index contributed by atoms with van der Waals surface area (Å²) in [5.74, 6) is 4.74. The molecule has 0 spiro atoms. The third-order valence-corrected chi connectivity index (χ3v) is 3.08. The number of aryl methyl sites for hydroxylation is 1. The first-order valence-corrected chi connectivity index (χ1v) is 6.51. The van der Waals surface area contributed by atoms with Crippen LogP contribution in [0.3, 0.4) is 0 Å². The van der Waals surface area contributed by atoms with Crippen LogP contribution < -0.4 is 17.0 Å². The molecule has 1 amide bonds. The second-order valence-corrected chi connectivity index (χ2v) is 4.57. The van der Waals surface area contributed by atoms with Gasteiger partial charge in [-0.05, 0) is 24.1 Å². The number of rotatable bonds is 5. The summed E-state index contributed by atoms with van der Waals surface area (Å²) >= 11 is 0. The standard InChI is InChI=1S/C14H18N4O2/c1-2-7-17-8-9-18(14(17)20)10-11-3-5-12(6-4-11)13(19)16-15/h3-6,8-9H,2,7,10,15H2,1H3,(H,16,19). The van der Waals surface area contributed by atoms with Gasteiger partial charge in [-0.25, -0.2) is 10.6 Å². The average molecular weight is 274 g/mol. The number of nitrogens with one attached hydrogen (secondary N) is 1. The molecular formula is C14H18N4O2. The third kappa shape index (κ3) is 2.97. The first-order valence-electron chi connectivity index (χ1n) is 6.51. The minimum atomic E-state index is -0.331. The van der Waals surface area contributed by atoms with Crippen molar-refractivity contribution in [2.45, 2.75) is 26.4 Å². The van der Waals surface area contributed by atoms with Crippen LogP contribution in [0.15, 0.2) is 41.5 Å². The van der Waals surface area contributed by atoms with E-state index < -0.39 is 0 Å². The predicted octanol–water partition coefficient (Wildman–Crippen LogP) is 0.712.